The molecule has 6 aromatic carbocycles. The summed E-state index contributed by atoms with van der Waals surface area (Å²) in [5, 5.41) is 3.22. The molecule has 0 atom stereocenters. The fourth-order valence-electron chi connectivity index (χ4n) is 7.39. The van der Waals surface area contributed by atoms with Crippen LogP contribution in [0.3, 0.4) is 0 Å². The molecule has 346 valence electrons. The summed E-state index contributed by atoms with van der Waals surface area (Å²) in [6.07, 6.45) is 3.29. The molecular weight excluding hydrogens is 860 g/mol. The van der Waals surface area contributed by atoms with Crippen LogP contribution in [-0.2, 0) is 6.42 Å². The van der Waals surface area contributed by atoms with Gasteiger partial charge in [0, 0.05) is 45.0 Å². The third-order valence-corrected chi connectivity index (χ3v) is 10.4. The molecule has 3 aromatic heterocycles. The summed E-state index contributed by atoms with van der Waals surface area (Å²) in [7, 11) is 0. The van der Waals surface area contributed by atoms with Crippen molar-refractivity contribution < 1.29 is 58.9 Å². The Labute approximate surface area is 378 Å². The molecule has 0 radical (unpaired) electrons. The predicted octanol–water partition coefficient (Wildman–Crippen LogP) is 15.7. The van der Waals surface area contributed by atoms with E-state index in [-0.39, 0.29) is 45.1 Å². The van der Waals surface area contributed by atoms with Gasteiger partial charge in [0.15, 0.2) is 45.4 Å². The summed E-state index contributed by atoms with van der Waals surface area (Å²) in [4.78, 5) is 0. The Kier molecular flexibility index (Phi) is 15.3. The molecule has 0 aliphatic heterocycles. The highest BCUT2D eigenvalue weighted by molar-refractivity contribution is 6.07. The Hall–Kier alpha value is -6.89. The van der Waals surface area contributed by atoms with Gasteiger partial charge < -0.3 is 36.9 Å². The Morgan fingerprint density at radius 2 is 0.924 bits per heavy atom. The largest absolute Gasteiger partial charge is 0.494 e. The number of hydrogen-bond donors (Lipinski definition) is 0. The number of aryl methyl sites for hydroxylation is 1. The van der Waals surface area contributed by atoms with E-state index < -0.39 is 29.1 Å². The molecule has 0 aliphatic carbocycles. The third kappa shape index (κ3) is 9.85. The van der Waals surface area contributed by atoms with Crippen molar-refractivity contribution in [1.82, 2.24) is 0 Å². The maximum Gasteiger partial charge on any atom is 0.208 e. The molecule has 0 bridgehead atoms. The van der Waals surface area contributed by atoms with Crippen molar-refractivity contribution in [2.75, 3.05) is 33.0 Å². The minimum absolute atomic E-state index is 0.00356. The molecule has 13 heteroatoms. The van der Waals surface area contributed by atoms with E-state index in [9.17, 15) is 22.0 Å². The van der Waals surface area contributed by atoms with E-state index in [4.69, 9.17) is 36.9 Å². The minimum atomic E-state index is -0.936. The molecule has 0 saturated carbocycles. The first-order valence-electron chi connectivity index (χ1n) is 22.2. The van der Waals surface area contributed by atoms with Crippen LogP contribution in [0.5, 0.6) is 28.7 Å². The molecule has 9 aromatic rings. The molecule has 9 rings (SSSR count). The van der Waals surface area contributed by atoms with Crippen LogP contribution in [0.4, 0.5) is 22.0 Å². The van der Waals surface area contributed by atoms with E-state index in [1.165, 1.54) is 12.1 Å². The van der Waals surface area contributed by atoms with Crippen LogP contribution in [0.25, 0.3) is 66.0 Å². The molecule has 66 heavy (non-hydrogen) atoms. The van der Waals surface area contributed by atoms with Crippen molar-refractivity contribution in [3.8, 4) is 39.9 Å². The van der Waals surface area contributed by atoms with Crippen molar-refractivity contribution in [3.05, 3.63) is 126 Å². The molecular formula is C53H51F5O8. The third-order valence-electron chi connectivity index (χ3n) is 10.4. The zero-order valence-electron chi connectivity index (χ0n) is 37.7. The average Bonchev–Trinajstić information content (AvgIpc) is 4.04. The summed E-state index contributed by atoms with van der Waals surface area (Å²) in [6, 6.07) is 25.8. The Balaban J connectivity index is 0.000000147. The monoisotopic (exact) mass is 910 g/mol. The minimum Gasteiger partial charge on any atom is -0.494 e. The van der Waals surface area contributed by atoms with Gasteiger partial charge in [-0.3, -0.25) is 0 Å². The first-order valence-corrected chi connectivity index (χ1v) is 22.2. The van der Waals surface area contributed by atoms with E-state index in [0.29, 0.717) is 78.3 Å². The molecule has 0 saturated heterocycles. The normalized spacial score (nSPS) is 11.2. The number of benzene rings is 6. The zero-order valence-corrected chi connectivity index (χ0v) is 37.7. The van der Waals surface area contributed by atoms with Gasteiger partial charge in [-0.05, 0) is 118 Å². The maximum absolute atomic E-state index is 14.4. The molecule has 0 fully saturated rings. The summed E-state index contributed by atoms with van der Waals surface area (Å²) in [5.74, 6) is -0.993. The van der Waals surface area contributed by atoms with Crippen molar-refractivity contribution in [2.24, 2.45) is 0 Å². The topological polar surface area (TPSA) is 85.6 Å². The van der Waals surface area contributed by atoms with Gasteiger partial charge >= 0.3 is 0 Å². The second-order valence-corrected chi connectivity index (χ2v) is 15.1. The van der Waals surface area contributed by atoms with Crippen molar-refractivity contribution >= 4 is 54.8 Å². The van der Waals surface area contributed by atoms with Gasteiger partial charge in [0.05, 0.1) is 33.0 Å². The summed E-state index contributed by atoms with van der Waals surface area (Å²) in [5.41, 5.74) is 1.64. The lowest BCUT2D eigenvalue weighted by atomic mass is 10.0. The molecule has 8 nitrogen and oxygen atoms in total. The molecule has 0 amide bonds. The zero-order chi connectivity index (χ0) is 46.9. The second-order valence-electron chi connectivity index (χ2n) is 15.1. The molecule has 0 spiro atoms. The van der Waals surface area contributed by atoms with Gasteiger partial charge in [0.1, 0.15) is 22.8 Å². The van der Waals surface area contributed by atoms with Crippen molar-refractivity contribution in [3.63, 3.8) is 0 Å². The maximum atomic E-state index is 14.4. The fourth-order valence-corrected chi connectivity index (χ4v) is 7.39. The van der Waals surface area contributed by atoms with Crippen LogP contribution in [-0.4, -0.2) is 33.0 Å². The average molecular weight is 911 g/mol. The van der Waals surface area contributed by atoms with E-state index in [1.807, 2.05) is 52.8 Å². The van der Waals surface area contributed by atoms with E-state index in [1.54, 1.807) is 67.6 Å². The Morgan fingerprint density at radius 3 is 1.48 bits per heavy atom. The van der Waals surface area contributed by atoms with E-state index in [2.05, 4.69) is 0 Å². The number of furan rings is 3. The van der Waals surface area contributed by atoms with Crippen molar-refractivity contribution in [2.45, 2.75) is 67.2 Å². The number of fused-ring (bicyclic) bond motifs is 7. The lowest BCUT2D eigenvalue weighted by Gasteiger charge is -2.07. The van der Waals surface area contributed by atoms with Crippen LogP contribution < -0.4 is 23.7 Å². The lowest BCUT2D eigenvalue weighted by Crippen LogP contribution is -1.97. The number of rotatable bonds is 15. The van der Waals surface area contributed by atoms with Gasteiger partial charge in [-0.1, -0.05) is 32.9 Å². The Morgan fingerprint density at radius 1 is 0.409 bits per heavy atom. The highest BCUT2D eigenvalue weighted by Gasteiger charge is 2.21. The second kappa shape index (κ2) is 21.4. The highest BCUT2D eigenvalue weighted by atomic mass is 19.2. The molecule has 0 unspecified atom stereocenters. The van der Waals surface area contributed by atoms with Crippen molar-refractivity contribution in [1.29, 1.82) is 0 Å². The fraction of sp³-hybridized carbons (Fsp3) is 0.283. The molecule has 0 N–H and O–H groups in total. The van der Waals surface area contributed by atoms with Gasteiger partial charge in [0.25, 0.3) is 0 Å². The van der Waals surface area contributed by atoms with Gasteiger partial charge in [-0.15, -0.1) is 0 Å². The van der Waals surface area contributed by atoms with Crippen LogP contribution in [0.15, 0.2) is 104 Å². The molecule has 3 heterocycles. The SMILES string of the molecule is CCCOc1ccc2c(c1)oc1c(F)c(OCC)ccc12.CCCOc1ccc2c(oc3c(F)c(OCC)ccc32)c1F.CCCc1cc2cc(-c3ccc(OCC)cc3)c(F)c(F)c2o1. The smallest absolute Gasteiger partial charge is 0.208 e. The standard InChI is InChI=1S/C19H18F2O2.C17H16F2O3.C17H17FO3/c1-3-5-15-10-13-11-16(17(20)18(21)19(13)23-15)12-6-8-14(9-7-12)22-4-2;1-3-9-21-13-8-6-11-10-5-7-12(20-4-2)14(18)16(10)22-17(11)15(13)19;1-3-9-20-11-5-6-12-13-7-8-14(19-4-2)16(18)17(13)21-15(12)10-11/h6-11H,3-5H2,1-2H3;5-8H,3-4,9H2,1-2H3;5-8,10H,3-4,9H2,1-2H3. The van der Waals surface area contributed by atoms with Gasteiger partial charge in [0.2, 0.25) is 23.3 Å². The van der Waals surface area contributed by atoms with Crippen LogP contribution in [0.2, 0.25) is 0 Å². The summed E-state index contributed by atoms with van der Waals surface area (Å²) >= 11 is 0. The quantitative estimate of drug-likeness (QED) is 0.0940. The predicted molar refractivity (Wildman–Crippen MR) is 248 cm³/mol. The Bertz CT molecular complexity index is 3080. The summed E-state index contributed by atoms with van der Waals surface area (Å²) in [6.45, 7) is 13.8. The first kappa shape index (κ1) is 47.1. The van der Waals surface area contributed by atoms with Gasteiger partial charge in [-0.25, -0.2) is 4.39 Å². The number of ether oxygens (including phenoxy) is 5. The first-order chi connectivity index (χ1) is 32.0. The van der Waals surface area contributed by atoms with Crippen LogP contribution in [0, 0.1) is 29.1 Å². The number of halogens is 5. The van der Waals surface area contributed by atoms with Crippen LogP contribution in [0.1, 0.15) is 66.6 Å². The van der Waals surface area contributed by atoms with Crippen LogP contribution >= 0.6 is 0 Å². The van der Waals surface area contributed by atoms with E-state index in [0.717, 1.165) is 35.8 Å². The highest BCUT2D eigenvalue weighted by Crippen LogP contribution is 2.39. The van der Waals surface area contributed by atoms with E-state index >= 15 is 0 Å². The lowest BCUT2D eigenvalue weighted by molar-refractivity contribution is 0.301. The number of hydrogen-bond acceptors (Lipinski definition) is 8. The summed E-state index contributed by atoms with van der Waals surface area (Å²) < 4.78 is 115. The van der Waals surface area contributed by atoms with Gasteiger partial charge in [-0.2, -0.15) is 17.6 Å². The molecule has 0 aliphatic rings.